The predicted octanol–water partition coefficient (Wildman–Crippen LogP) is 1.24. The Bertz CT molecular complexity index is 391. The molecule has 0 bridgehead atoms. The van der Waals surface area contributed by atoms with Gasteiger partial charge in [0.1, 0.15) is 6.33 Å². The van der Waals surface area contributed by atoms with E-state index in [4.69, 9.17) is 0 Å². The molecule has 0 saturated carbocycles. The number of piperidine rings is 1. The minimum Gasteiger partial charge on any atom is -0.307 e. The zero-order valence-corrected chi connectivity index (χ0v) is 9.74. The fraction of sp³-hybridized carbons (Fsp3) is 0.667. The number of nitrogens with zero attached hydrogens (tertiary/aromatic N) is 3. The van der Waals surface area contributed by atoms with E-state index in [2.05, 4.69) is 27.2 Å². The maximum atomic E-state index is 4.53. The normalized spacial score (nSPS) is 25.7. The average molecular weight is 218 g/mol. The van der Waals surface area contributed by atoms with Crippen molar-refractivity contribution in [2.24, 2.45) is 0 Å². The topological polar surface area (TPSA) is 41.1 Å². The second-order valence-corrected chi connectivity index (χ2v) is 4.78. The smallest absolute Gasteiger partial charge is 0.116 e. The highest BCUT2D eigenvalue weighted by Crippen LogP contribution is 2.31. The van der Waals surface area contributed by atoms with Gasteiger partial charge in [0.2, 0.25) is 0 Å². The van der Waals surface area contributed by atoms with Crippen LogP contribution in [0.5, 0.6) is 0 Å². The van der Waals surface area contributed by atoms with Crippen molar-refractivity contribution < 1.29 is 0 Å². The van der Waals surface area contributed by atoms with Gasteiger partial charge in [0.15, 0.2) is 0 Å². The van der Waals surface area contributed by atoms with Crippen LogP contribution < -0.4 is 5.32 Å². The van der Waals surface area contributed by atoms with Gasteiger partial charge in [-0.05, 0) is 26.4 Å². The quantitative estimate of drug-likeness (QED) is 0.770. The Morgan fingerprint density at radius 3 is 3.12 bits per heavy atom. The van der Waals surface area contributed by atoms with Crippen molar-refractivity contribution in [2.45, 2.75) is 38.4 Å². The van der Waals surface area contributed by atoms with Crippen LogP contribution >= 0.6 is 0 Å². The van der Waals surface area contributed by atoms with E-state index in [1.54, 1.807) is 6.33 Å². The molecule has 1 aromatic rings. The standard InChI is InChI=1S/C12H18N4/c1-16-5-3-2-4-11(16)12-9-6-13-7-10(9)14-8-15-12/h8,11,13H,2-7H2,1H3. The summed E-state index contributed by atoms with van der Waals surface area (Å²) in [5.74, 6) is 0. The van der Waals surface area contributed by atoms with Crippen LogP contribution in [-0.4, -0.2) is 28.5 Å². The maximum Gasteiger partial charge on any atom is 0.116 e. The number of likely N-dealkylation sites (tertiary alicyclic amines) is 1. The third-order valence-electron chi connectivity index (χ3n) is 3.75. The highest BCUT2D eigenvalue weighted by molar-refractivity contribution is 5.30. The highest BCUT2D eigenvalue weighted by atomic mass is 15.1. The molecule has 16 heavy (non-hydrogen) atoms. The Balaban J connectivity index is 1.96. The molecule has 0 radical (unpaired) electrons. The molecule has 1 N–H and O–H groups in total. The number of hydrogen-bond acceptors (Lipinski definition) is 4. The molecule has 1 aromatic heterocycles. The van der Waals surface area contributed by atoms with Gasteiger partial charge in [-0.15, -0.1) is 0 Å². The number of hydrogen-bond donors (Lipinski definition) is 1. The van der Waals surface area contributed by atoms with Crippen LogP contribution in [0.2, 0.25) is 0 Å². The molecule has 0 spiro atoms. The summed E-state index contributed by atoms with van der Waals surface area (Å²) in [5, 5.41) is 3.36. The lowest BCUT2D eigenvalue weighted by molar-refractivity contribution is 0.182. The Hall–Kier alpha value is -1.00. The monoisotopic (exact) mass is 218 g/mol. The molecular formula is C12H18N4. The first-order chi connectivity index (χ1) is 7.86. The van der Waals surface area contributed by atoms with Crippen LogP contribution in [0.15, 0.2) is 6.33 Å². The number of rotatable bonds is 1. The fourth-order valence-corrected chi connectivity index (χ4v) is 2.82. The van der Waals surface area contributed by atoms with Crippen LogP contribution in [0, 0.1) is 0 Å². The summed E-state index contributed by atoms with van der Waals surface area (Å²) in [5.41, 5.74) is 3.81. The van der Waals surface area contributed by atoms with Gasteiger partial charge < -0.3 is 5.32 Å². The molecule has 0 amide bonds. The molecule has 1 saturated heterocycles. The molecule has 2 aliphatic rings. The van der Waals surface area contributed by atoms with E-state index in [1.807, 2.05) is 0 Å². The van der Waals surface area contributed by atoms with E-state index in [-0.39, 0.29) is 0 Å². The van der Waals surface area contributed by atoms with E-state index in [0.717, 1.165) is 13.1 Å². The molecule has 0 aromatic carbocycles. The highest BCUT2D eigenvalue weighted by Gasteiger charge is 2.27. The van der Waals surface area contributed by atoms with Crippen molar-refractivity contribution >= 4 is 0 Å². The van der Waals surface area contributed by atoms with E-state index >= 15 is 0 Å². The minimum absolute atomic E-state index is 0.505. The molecule has 4 heteroatoms. The number of fused-ring (bicyclic) bond motifs is 1. The van der Waals surface area contributed by atoms with E-state index in [9.17, 15) is 0 Å². The number of aromatic nitrogens is 2. The molecule has 3 rings (SSSR count). The van der Waals surface area contributed by atoms with Crippen LogP contribution in [0.25, 0.3) is 0 Å². The molecule has 1 atom stereocenters. The summed E-state index contributed by atoms with van der Waals surface area (Å²) in [6.07, 6.45) is 5.60. The zero-order valence-electron chi connectivity index (χ0n) is 9.74. The van der Waals surface area contributed by atoms with Gasteiger partial charge >= 0.3 is 0 Å². The lowest BCUT2D eigenvalue weighted by atomic mass is 9.96. The Morgan fingerprint density at radius 2 is 2.25 bits per heavy atom. The predicted molar refractivity (Wildman–Crippen MR) is 61.8 cm³/mol. The Morgan fingerprint density at radius 1 is 1.31 bits per heavy atom. The summed E-state index contributed by atoms with van der Waals surface area (Å²) >= 11 is 0. The second kappa shape index (κ2) is 4.11. The van der Waals surface area contributed by atoms with Crippen molar-refractivity contribution in [1.82, 2.24) is 20.2 Å². The maximum absolute atomic E-state index is 4.53. The van der Waals surface area contributed by atoms with Crippen molar-refractivity contribution in [3.63, 3.8) is 0 Å². The molecule has 3 heterocycles. The molecule has 86 valence electrons. The van der Waals surface area contributed by atoms with Gasteiger partial charge in [-0.1, -0.05) is 6.42 Å². The summed E-state index contributed by atoms with van der Waals surface area (Å²) in [6, 6.07) is 0.505. The first kappa shape index (κ1) is 10.2. The molecule has 4 nitrogen and oxygen atoms in total. The summed E-state index contributed by atoms with van der Waals surface area (Å²) in [6.45, 7) is 3.04. The molecular weight excluding hydrogens is 200 g/mol. The Kier molecular flexibility index (Phi) is 2.61. The lowest BCUT2D eigenvalue weighted by Gasteiger charge is -2.32. The van der Waals surface area contributed by atoms with Crippen molar-refractivity contribution in [3.8, 4) is 0 Å². The zero-order chi connectivity index (χ0) is 11.0. The van der Waals surface area contributed by atoms with Gasteiger partial charge in [0.25, 0.3) is 0 Å². The van der Waals surface area contributed by atoms with Crippen LogP contribution in [-0.2, 0) is 13.1 Å². The molecule has 1 unspecified atom stereocenters. The third-order valence-corrected chi connectivity index (χ3v) is 3.75. The van der Waals surface area contributed by atoms with Gasteiger partial charge in [-0.2, -0.15) is 0 Å². The van der Waals surface area contributed by atoms with Crippen molar-refractivity contribution in [3.05, 3.63) is 23.3 Å². The van der Waals surface area contributed by atoms with E-state index in [1.165, 1.54) is 42.8 Å². The second-order valence-electron chi connectivity index (χ2n) is 4.78. The summed E-state index contributed by atoms with van der Waals surface area (Å²) in [4.78, 5) is 11.3. The van der Waals surface area contributed by atoms with E-state index < -0.39 is 0 Å². The largest absolute Gasteiger partial charge is 0.307 e. The third kappa shape index (κ3) is 1.62. The first-order valence-corrected chi connectivity index (χ1v) is 6.10. The van der Waals surface area contributed by atoms with Crippen LogP contribution in [0.4, 0.5) is 0 Å². The molecule has 0 aliphatic carbocycles. The van der Waals surface area contributed by atoms with Gasteiger partial charge in [-0.25, -0.2) is 9.97 Å². The summed E-state index contributed by atoms with van der Waals surface area (Å²) < 4.78 is 0. The molecule has 2 aliphatic heterocycles. The van der Waals surface area contributed by atoms with Crippen molar-refractivity contribution in [2.75, 3.05) is 13.6 Å². The molecule has 1 fully saturated rings. The first-order valence-electron chi connectivity index (χ1n) is 6.10. The van der Waals surface area contributed by atoms with Crippen LogP contribution in [0.3, 0.4) is 0 Å². The Labute approximate surface area is 96.1 Å². The van der Waals surface area contributed by atoms with Crippen LogP contribution in [0.1, 0.15) is 42.3 Å². The van der Waals surface area contributed by atoms with Gasteiger partial charge in [0.05, 0.1) is 17.4 Å². The van der Waals surface area contributed by atoms with Gasteiger partial charge in [0, 0.05) is 18.7 Å². The SMILES string of the molecule is CN1CCCCC1c1ncnc2c1CNC2. The summed E-state index contributed by atoms with van der Waals surface area (Å²) in [7, 11) is 2.21. The van der Waals surface area contributed by atoms with E-state index in [0.29, 0.717) is 6.04 Å². The van der Waals surface area contributed by atoms with Gasteiger partial charge in [-0.3, -0.25) is 4.90 Å². The average Bonchev–Trinajstić information content (AvgIpc) is 2.77. The fourth-order valence-electron chi connectivity index (χ4n) is 2.82. The lowest BCUT2D eigenvalue weighted by Crippen LogP contribution is -2.31. The minimum atomic E-state index is 0.505. The number of nitrogens with one attached hydrogen (secondary N) is 1. The van der Waals surface area contributed by atoms with Crippen molar-refractivity contribution in [1.29, 1.82) is 0 Å².